The van der Waals surface area contributed by atoms with Crippen LogP contribution in [0.5, 0.6) is 0 Å². The molecule has 2 aromatic rings. The van der Waals surface area contributed by atoms with Crippen LogP contribution < -0.4 is 10.6 Å². The fraction of sp³-hybridized carbons (Fsp3) is 0.467. The van der Waals surface area contributed by atoms with Gasteiger partial charge < -0.3 is 15.1 Å². The smallest absolute Gasteiger partial charge is 0.224 e. The quantitative estimate of drug-likeness (QED) is 0.873. The van der Waals surface area contributed by atoms with E-state index in [0.717, 1.165) is 11.6 Å². The summed E-state index contributed by atoms with van der Waals surface area (Å²) in [6, 6.07) is 6.21. The third-order valence-corrected chi connectivity index (χ3v) is 3.62. The molecule has 1 aliphatic carbocycles. The van der Waals surface area contributed by atoms with Crippen LogP contribution >= 0.6 is 0 Å². The molecule has 0 saturated heterocycles. The Balaban J connectivity index is 1.57. The van der Waals surface area contributed by atoms with Crippen molar-refractivity contribution in [3.05, 3.63) is 36.4 Å². The molecule has 3 rings (SSSR count). The standard InChI is InChI=1S/C15H20N4O/c1-2-5-12(6-3-1)18-15-16-9-8-14(19-15)17-11-13-7-4-10-20-13/h4,7-10,12H,1-3,5-6,11H2,(H2,16,17,18,19). The van der Waals surface area contributed by atoms with Crippen molar-refractivity contribution in [2.75, 3.05) is 10.6 Å². The normalized spacial score (nSPS) is 16.0. The second-order valence-electron chi connectivity index (χ2n) is 5.18. The predicted molar refractivity (Wildman–Crippen MR) is 78.6 cm³/mol. The summed E-state index contributed by atoms with van der Waals surface area (Å²) >= 11 is 0. The molecule has 2 heterocycles. The second-order valence-corrected chi connectivity index (χ2v) is 5.18. The van der Waals surface area contributed by atoms with Crippen molar-refractivity contribution in [3.8, 4) is 0 Å². The van der Waals surface area contributed by atoms with Crippen LogP contribution in [0.1, 0.15) is 37.9 Å². The molecular weight excluding hydrogens is 252 g/mol. The van der Waals surface area contributed by atoms with Crippen molar-refractivity contribution in [2.24, 2.45) is 0 Å². The van der Waals surface area contributed by atoms with E-state index in [-0.39, 0.29) is 0 Å². The van der Waals surface area contributed by atoms with Crippen LogP contribution in [0.25, 0.3) is 0 Å². The highest BCUT2D eigenvalue weighted by Crippen LogP contribution is 2.20. The molecule has 0 spiro atoms. The molecule has 0 bridgehead atoms. The van der Waals surface area contributed by atoms with Gasteiger partial charge in [0.1, 0.15) is 11.6 Å². The maximum atomic E-state index is 5.29. The topological polar surface area (TPSA) is 63.0 Å². The number of hydrogen-bond acceptors (Lipinski definition) is 5. The van der Waals surface area contributed by atoms with Crippen molar-refractivity contribution < 1.29 is 4.42 Å². The Morgan fingerprint density at radius 2 is 2.10 bits per heavy atom. The molecule has 1 saturated carbocycles. The molecule has 5 nitrogen and oxygen atoms in total. The van der Waals surface area contributed by atoms with Gasteiger partial charge in [-0.3, -0.25) is 0 Å². The number of rotatable bonds is 5. The molecule has 106 valence electrons. The maximum absolute atomic E-state index is 5.29. The summed E-state index contributed by atoms with van der Waals surface area (Å²) in [7, 11) is 0. The molecule has 1 fully saturated rings. The monoisotopic (exact) mass is 272 g/mol. The Hall–Kier alpha value is -2.04. The predicted octanol–water partition coefficient (Wildman–Crippen LogP) is 3.43. The Morgan fingerprint density at radius 3 is 2.90 bits per heavy atom. The van der Waals surface area contributed by atoms with Crippen LogP contribution in [-0.2, 0) is 6.54 Å². The number of hydrogen-bond donors (Lipinski definition) is 2. The van der Waals surface area contributed by atoms with Gasteiger partial charge in [0.05, 0.1) is 12.8 Å². The van der Waals surface area contributed by atoms with Crippen molar-refractivity contribution in [3.63, 3.8) is 0 Å². The van der Waals surface area contributed by atoms with E-state index in [1.165, 1.54) is 32.1 Å². The number of furan rings is 1. The lowest BCUT2D eigenvalue weighted by atomic mass is 9.96. The molecule has 0 aliphatic heterocycles. The molecule has 2 N–H and O–H groups in total. The fourth-order valence-corrected chi connectivity index (χ4v) is 2.55. The number of anilines is 2. The first kappa shape index (κ1) is 13.0. The molecule has 5 heteroatoms. The van der Waals surface area contributed by atoms with Crippen LogP contribution in [-0.4, -0.2) is 16.0 Å². The average Bonchev–Trinajstić information content (AvgIpc) is 3.00. The van der Waals surface area contributed by atoms with E-state index in [9.17, 15) is 0 Å². The first-order valence-corrected chi connectivity index (χ1v) is 7.26. The van der Waals surface area contributed by atoms with Crippen molar-refractivity contribution in [1.29, 1.82) is 0 Å². The Bertz CT molecular complexity index is 520. The zero-order valence-corrected chi connectivity index (χ0v) is 11.5. The summed E-state index contributed by atoms with van der Waals surface area (Å²) in [6.07, 6.45) is 9.84. The molecule has 20 heavy (non-hydrogen) atoms. The van der Waals surface area contributed by atoms with Gasteiger partial charge in [0.25, 0.3) is 0 Å². The van der Waals surface area contributed by atoms with Crippen LogP contribution in [0.2, 0.25) is 0 Å². The zero-order valence-electron chi connectivity index (χ0n) is 11.5. The number of aromatic nitrogens is 2. The van der Waals surface area contributed by atoms with Crippen LogP contribution in [0.3, 0.4) is 0 Å². The Kier molecular flexibility index (Phi) is 4.16. The van der Waals surface area contributed by atoms with Crippen molar-refractivity contribution >= 4 is 11.8 Å². The maximum Gasteiger partial charge on any atom is 0.224 e. The lowest BCUT2D eigenvalue weighted by Crippen LogP contribution is -2.23. The van der Waals surface area contributed by atoms with E-state index in [0.29, 0.717) is 18.5 Å². The molecule has 1 aliphatic rings. The minimum absolute atomic E-state index is 0.518. The summed E-state index contributed by atoms with van der Waals surface area (Å²) in [5.41, 5.74) is 0. The summed E-state index contributed by atoms with van der Waals surface area (Å²) in [5, 5.41) is 6.67. The number of nitrogens with one attached hydrogen (secondary N) is 2. The molecule has 0 atom stereocenters. The minimum Gasteiger partial charge on any atom is -0.467 e. The van der Waals surface area contributed by atoms with Gasteiger partial charge in [0, 0.05) is 12.2 Å². The lowest BCUT2D eigenvalue weighted by molar-refractivity contribution is 0.461. The summed E-state index contributed by atoms with van der Waals surface area (Å²) in [4.78, 5) is 8.78. The van der Waals surface area contributed by atoms with Gasteiger partial charge in [0.15, 0.2) is 0 Å². The molecule has 0 aromatic carbocycles. The Labute approximate surface area is 118 Å². The van der Waals surface area contributed by atoms with E-state index >= 15 is 0 Å². The molecular formula is C15H20N4O. The van der Waals surface area contributed by atoms with Gasteiger partial charge in [-0.05, 0) is 31.0 Å². The highest BCUT2D eigenvalue weighted by Gasteiger charge is 2.14. The zero-order chi connectivity index (χ0) is 13.6. The molecule has 0 radical (unpaired) electrons. The molecule has 2 aromatic heterocycles. The lowest BCUT2D eigenvalue weighted by Gasteiger charge is -2.22. The van der Waals surface area contributed by atoms with E-state index < -0.39 is 0 Å². The van der Waals surface area contributed by atoms with Gasteiger partial charge in [-0.2, -0.15) is 4.98 Å². The third-order valence-electron chi connectivity index (χ3n) is 3.62. The fourth-order valence-electron chi connectivity index (χ4n) is 2.55. The van der Waals surface area contributed by atoms with Gasteiger partial charge in [-0.1, -0.05) is 19.3 Å². The third kappa shape index (κ3) is 3.50. The summed E-state index contributed by atoms with van der Waals surface area (Å²) in [5.74, 6) is 2.42. The average molecular weight is 272 g/mol. The minimum atomic E-state index is 0.518. The second kappa shape index (κ2) is 6.41. The van der Waals surface area contributed by atoms with Gasteiger partial charge >= 0.3 is 0 Å². The Morgan fingerprint density at radius 1 is 1.20 bits per heavy atom. The summed E-state index contributed by atoms with van der Waals surface area (Å²) in [6.45, 7) is 0.632. The van der Waals surface area contributed by atoms with Crippen LogP contribution in [0.15, 0.2) is 35.1 Å². The van der Waals surface area contributed by atoms with Crippen LogP contribution in [0.4, 0.5) is 11.8 Å². The molecule has 0 amide bonds. The van der Waals surface area contributed by atoms with E-state index in [2.05, 4.69) is 20.6 Å². The van der Waals surface area contributed by atoms with E-state index in [4.69, 9.17) is 4.42 Å². The van der Waals surface area contributed by atoms with Gasteiger partial charge in [0.2, 0.25) is 5.95 Å². The first-order chi connectivity index (χ1) is 9.90. The SMILES string of the molecule is c1coc(CNc2ccnc(NC3CCCCC3)n2)c1. The van der Waals surface area contributed by atoms with E-state index in [1.807, 2.05) is 18.2 Å². The molecule has 0 unspecified atom stereocenters. The van der Waals surface area contributed by atoms with Gasteiger partial charge in [-0.25, -0.2) is 4.98 Å². The van der Waals surface area contributed by atoms with Crippen LogP contribution in [0, 0.1) is 0 Å². The highest BCUT2D eigenvalue weighted by atomic mass is 16.3. The van der Waals surface area contributed by atoms with E-state index in [1.54, 1.807) is 12.5 Å². The largest absolute Gasteiger partial charge is 0.467 e. The first-order valence-electron chi connectivity index (χ1n) is 7.26. The number of nitrogens with zero attached hydrogens (tertiary/aromatic N) is 2. The summed E-state index contributed by atoms with van der Waals surface area (Å²) < 4.78 is 5.29. The van der Waals surface area contributed by atoms with Crippen molar-refractivity contribution in [2.45, 2.75) is 44.7 Å². The van der Waals surface area contributed by atoms with Crippen molar-refractivity contribution in [1.82, 2.24) is 9.97 Å². The van der Waals surface area contributed by atoms with Gasteiger partial charge in [-0.15, -0.1) is 0 Å². The highest BCUT2D eigenvalue weighted by molar-refractivity contribution is 5.40.